The van der Waals surface area contributed by atoms with Crippen molar-refractivity contribution < 1.29 is 9.90 Å². The molecule has 0 bridgehead atoms. The largest absolute Gasteiger partial charge is 0.478 e. The number of benzene rings is 1. The Bertz CT molecular complexity index is 421. The molecule has 0 unspecified atom stereocenters. The average molecular weight is 254 g/mol. The number of carboxylic acid groups (broad SMARTS) is 1. The van der Waals surface area contributed by atoms with Crippen molar-refractivity contribution in [3.63, 3.8) is 0 Å². The lowest BCUT2D eigenvalue weighted by atomic mass is 9.99. The summed E-state index contributed by atoms with van der Waals surface area (Å²) < 4.78 is 0. The van der Waals surface area contributed by atoms with Crippen LogP contribution >= 0.6 is 15.9 Å². The zero-order chi connectivity index (χ0) is 10.7. The zero-order valence-corrected chi connectivity index (χ0v) is 9.13. The van der Waals surface area contributed by atoms with Gasteiger partial charge in [0.25, 0.3) is 0 Å². The van der Waals surface area contributed by atoms with Crippen molar-refractivity contribution in [3.05, 3.63) is 34.4 Å². The number of halogens is 1. The fourth-order valence-corrected chi connectivity index (χ4v) is 1.99. The van der Waals surface area contributed by atoms with Gasteiger partial charge in [0.2, 0.25) is 0 Å². The molecule has 0 aliphatic carbocycles. The molecule has 1 aromatic rings. The fraction of sp³-hybridized carbons (Fsp3) is 0.200. The van der Waals surface area contributed by atoms with Gasteiger partial charge >= 0.3 is 5.97 Å². The maximum atomic E-state index is 10.8. The topological polar surface area (TPSA) is 61.1 Å². The standard InChI is InChI=1S/C10H8BrNO2/c1-6-8(10(13)14)3-2-7(5-12)9(6)4-11/h2-3H,4H2,1H3,(H,13,14). The minimum Gasteiger partial charge on any atom is -0.478 e. The van der Waals surface area contributed by atoms with Gasteiger partial charge in [-0.15, -0.1) is 0 Å². The van der Waals surface area contributed by atoms with Crippen molar-refractivity contribution in [3.8, 4) is 6.07 Å². The quantitative estimate of drug-likeness (QED) is 0.824. The molecule has 0 saturated heterocycles. The molecule has 0 amide bonds. The SMILES string of the molecule is Cc1c(C(=O)O)ccc(C#N)c1CBr. The van der Waals surface area contributed by atoms with E-state index in [1.54, 1.807) is 6.92 Å². The lowest BCUT2D eigenvalue weighted by Crippen LogP contribution is -2.03. The van der Waals surface area contributed by atoms with Crippen LogP contribution in [-0.2, 0) is 5.33 Å². The number of aromatic carboxylic acids is 1. The van der Waals surface area contributed by atoms with Crippen LogP contribution in [0.4, 0.5) is 0 Å². The summed E-state index contributed by atoms with van der Waals surface area (Å²) in [5.74, 6) is -0.964. The molecule has 0 spiro atoms. The normalized spacial score (nSPS) is 9.50. The molecule has 3 nitrogen and oxygen atoms in total. The van der Waals surface area contributed by atoms with Gasteiger partial charge in [0.15, 0.2) is 0 Å². The van der Waals surface area contributed by atoms with Crippen LogP contribution in [0.5, 0.6) is 0 Å². The molecular formula is C10H8BrNO2. The molecule has 0 heterocycles. The summed E-state index contributed by atoms with van der Waals surface area (Å²) in [5.41, 5.74) is 2.16. The lowest BCUT2D eigenvalue weighted by Gasteiger charge is -2.07. The number of rotatable bonds is 2. The molecular weight excluding hydrogens is 246 g/mol. The molecule has 72 valence electrons. The Hall–Kier alpha value is -1.34. The summed E-state index contributed by atoms with van der Waals surface area (Å²) >= 11 is 3.24. The third-order valence-corrected chi connectivity index (χ3v) is 2.64. The second-order valence-electron chi connectivity index (χ2n) is 2.81. The van der Waals surface area contributed by atoms with Gasteiger partial charge in [0.05, 0.1) is 17.2 Å². The first-order chi connectivity index (χ1) is 6.61. The summed E-state index contributed by atoms with van der Waals surface area (Å²) in [5, 5.41) is 18.1. The molecule has 0 aromatic heterocycles. The van der Waals surface area contributed by atoms with E-state index < -0.39 is 5.97 Å². The lowest BCUT2D eigenvalue weighted by molar-refractivity contribution is 0.0696. The van der Waals surface area contributed by atoms with Crippen LogP contribution in [-0.4, -0.2) is 11.1 Å². The monoisotopic (exact) mass is 253 g/mol. The molecule has 0 radical (unpaired) electrons. The highest BCUT2D eigenvalue weighted by Crippen LogP contribution is 2.20. The van der Waals surface area contributed by atoms with E-state index in [1.807, 2.05) is 6.07 Å². The molecule has 1 N–H and O–H groups in total. The third-order valence-electron chi connectivity index (χ3n) is 2.08. The van der Waals surface area contributed by atoms with Gasteiger partial charge in [0, 0.05) is 5.33 Å². The number of nitrogens with zero attached hydrogens (tertiary/aromatic N) is 1. The van der Waals surface area contributed by atoms with Gasteiger partial charge in [-0.05, 0) is 30.2 Å². The van der Waals surface area contributed by atoms with E-state index in [0.29, 0.717) is 16.5 Å². The number of nitriles is 1. The Labute approximate surface area is 90.1 Å². The van der Waals surface area contributed by atoms with Crippen LogP contribution in [0, 0.1) is 18.3 Å². The van der Waals surface area contributed by atoms with Gasteiger partial charge < -0.3 is 5.11 Å². The van der Waals surface area contributed by atoms with Gasteiger partial charge in [-0.1, -0.05) is 15.9 Å². The minimum atomic E-state index is -0.964. The smallest absolute Gasteiger partial charge is 0.335 e. The van der Waals surface area contributed by atoms with Crippen LogP contribution in [0.3, 0.4) is 0 Å². The van der Waals surface area contributed by atoms with E-state index in [0.717, 1.165) is 5.56 Å². The molecule has 1 aromatic carbocycles. The van der Waals surface area contributed by atoms with Crippen molar-refractivity contribution in [2.75, 3.05) is 0 Å². The molecule has 14 heavy (non-hydrogen) atoms. The number of hydrogen-bond donors (Lipinski definition) is 1. The first-order valence-electron chi connectivity index (χ1n) is 3.93. The number of alkyl halides is 1. The van der Waals surface area contributed by atoms with Crippen LogP contribution in [0.1, 0.15) is 27.0 Å². The van der Waals surface area contributed by atoms with Crippen molar-refractivity contribution in [1.29, 1.82) is 5.26 Å². The van der Waals surface area contributed by atoms with E-state index in [9.17, 15) is 4.79 Å². The zero-order valence-electron chi connectivity index (χ0n) is 7.54. The van der Waals surface area contributed by atoms with Crippen molar-refractivity contribution in [2.45, 2.75) is 12.3 Å². The predicted octanol–water partition coefficient (Wildman–Crippen LogP) is 2.46. The number of hydrogen-bond acceptors (Lipinski definition) is 2. The van der Waals surface area contributed by atoms with Crippen molar-refractivity contribution in [2.24, 2.45) is 0 Å². The summed E-state index contributed by atoms with van der Waals surface area (Å²) in [6.45, 7) is 1.71. The van der Waals surface area contributed by atoms with Crippen molar-refractivity contribution >= 4 is 21.9 Å². The van der Waals surface area contributed by atoms with Crippen LogP contribution in [0.15, 0.2) is 12.1 Å². The molecule has 0 aliphatic heterocycles. The molecule has 0 fully saturated rings. The average Bonchev–Trinajstić information content (AvgIpc) is 2.16. The summed E-state index contributed by atoms with van der Waals surface area (Å²) in [4.78, 5) is 10.8. The second kappa shape index (κ2) is 4.25. The summed E-state index contributed by atoms with van der Waals surface area (Å²) in [6, 6.07) is 5.03. The van der Waals surface area contributed by atoms with E-state index in [4.69, 9.17) is 10.4 Å². The Kier molecular flexibility index (Phi) is 3.26. The highest BCUT2D eigenvalue weighted by molar-refractivity contribution is 9.08. The minimum absolute atomic E-state index is 0.249. The van der Waals surface area contributed by atoms with E-state index >= 15 is 0 Å². The summed E-state index contributed by atoms with van der Waals surface area (Å²) in [7, 11) is 0. The molecule has 0 aliphatic rings. The maximum Gasteiger partial charge on any atom is 0.335 e. The molecule has 0 saturated carbocycles. The first-order valence-corrected chi connectivity index (χ1v) is 5.05. The Morgan fingerprint density at radius 2 is 2.29 bits per heavy atom. The van der Waals surface area contributed by atoms with Crippen molar-refractivity contribution in [1.82, 2.24) is 0 Å². The fourth-order valence-electron chi connectivity index (χ4n) is 1.27. The number of carboxylic acids is 1. The van der Waals surface area contributed by atoms with Gasteiger partial charge in [-0.3, -0.25) is 0 Å². The van der Waals surface area contributed by atoms with Gasteiger partial charge in [-0.25, -0.2) is 4.79 Å². The highest BCUT2D eigenvalue weighted by atomic mass is 79.9. The van der Waals surface area contributed by atoms with Gasteiger partial charge in [0.1, 0.15) is 0 Å². The Morgan fingerprint density at radius 3 is 2.71 bits per heavy atom. The van der Waals surface area contributed by atoms with Gasteiger partial charge in [-0.2, -0.15) is 5.26 Å². The van der Waals surface area contributed by atoms with Crippen LogP contribution < -0.4 is 0 Å². The van der Waals surface area contributed by atoms with Crippen LogP contribution in [0.25, 0.3) is 0 Å². The highest BCUT2D eigenvalue weighted by Gasteiger charge is 2.12. The molecule has 4 heteroatoms. The maximum absolute atomic E-state index is 10.8. The summed E-state index contributed by atoms with van der Waals surface area (Å²) in [6.07, 6.45) is 0. The molecule has 1 rings (SSSR count). The first kappa shape index (κ1) is 10.7. The number of carbonyl (C=O) groups is 1. The van der Waals surface area contributed by atoms with E-state index in [1.165, 1.54) is 12.1 Å². The van der Waals surface area contributed by atoms with E-state index in [-0.39, 0.29) is 5.56 Å². The molecule has 0 atom stereocenters. The second-order valence-corrected chi connectivity index (χ2v) is 3.38. The predicted molar refractivity (Wildman–Crippen MR) is 55.5 cm³/mol. The Balaban J connectivity index is 3.44. The third kappa shape index (κ3) is 1.78. The van der Waals surface area contributed by atoms with Crippen LogP contribution in [0.2, 0.25) is 0 Å². The Morgan fingerprint density at radius 1 is 1.64 bits per heavy atom. The van der Waals surface area contributed by atoms with E-state index in [2.05, 4.69) is 15.9 Å².